The third-order valence-electron chi connectivity index (χ3n) is 3.66. The van der Waals surface area contributed by atoms with Crippen molar-refractivity contribution < 1.29 is 23.1 Å². The van der Waals surface area contributed by atoms with Gasteiger partial charge in [0, 0.05) is 38.7 Å². The van der Waals surface area contributed by atoms with E-state index in [0.29, 0.717) is 19.5 Å². The maximum Gasteiger partial charge on any atom is 0.303 e. The molecule has 0 aliphatic carbocycles. The van der Waals surface area contributed by atoms with Gasteiger partial charge in [-0.3, -0.25) is 9.59 Å². The summed E-state index contributed by atoms with van der Waals surface area (Å²) in [6.45, 7) is 4.51. The number of sulfonamides is 1. The predicted molar refractivity (Wildman–Crippen MR) is 90.4 cm³/mol. The highest BCUT2D eigenvalue weighted by Crippen LogP contribution is 2.18. The maximum atomic E-state index is 12.5. The highest BCUT2D eigenvalue weighted by Gasteiger charge is 2.23. The summed E-state index contributed by atoms with van der Waals surface area (Å²) in [5, 5.41) is 8.63. The Bertz CT molecular complexity index is 683. The smallest absolute Gasteiger partial charge is 0.303 e. The van der Waals surface area contributed by atoms with Crippen LogP contribution in [0.4, 0.5) is 0 Å². The molecule has 0 atom stereocenters. The van der Waals surface area contributed by atoms with Crippen LogP contribution in [0.15, 0.2) is 29.2 Å². The summed E-state index contributed by atoms with van der Waals surface area (Å²) in [5.74, 6) is -1.25. The summed E-state index contributed by atoms with van der Waals surface area (Å²) < 4.78 is 26.4. The third kappa shape index (κ3) is 5.04. The zero-order valence-corrected chi connectivity index (χ0v) is 15.0. The molecule has 0 unspecified atom stereocenters. The van der Waals surface area contributed by atoms with Crippen molar-refractivity contribution in [1.82, 2.24) is 9.21 Å². The number of carbonyl (C=O) groups excluding carboxylic acids is 1. The molecule has 0 bridgehead atoms. The van der Waals surface area contributed by atoms with E-state index < -0.39 is 16.0 Å². The Morgan fingerprint density at radius 2 is 1.79 bits per heavy atom. The van der Waals surface area contributed by atoms with E-state index in [1.54, 1.807) is 27.0 Å². The molecule has 1 aromatic carbocycles. The first-order chi connectivity index (χ1) is 11.2. The van der Waals surface area contributed by atoms with Crippen LogP contribution < -0.4 is 0 Å². The fourth-order valence-electron chi connectivity index (χ4n) is 2.29. The Morgan fingerprint density at radius 1 is 1.17 bits per heavy atom. The highest BCUT2D eigenvalue weighted by molar-refractivity contribution is 7.89. The number of carbonyl (C=O) groups is 2. The summed E-state index contributed by atoms with van der Waals surface area (Å²) in [7, 11) is -2.06. The second kappa shape index (κ2) is 8.79. The van der Waals surface area contributed by atoms with Gasteiger partial charge in [0.1, 0.15) is 0 Å². The summed E-state index contributed by atoms with van der Waals surface area (Å²) in [4.78, 5) is 24.4. The van der Waals surface area contributed by atoms with E-state index in [9.17, 15) is 18.0 Å². The fourth-order valence-corrected chi connectivity index (χ4v) is 3.80. The molecule has 1 aromatic rings. The molecule has 0 radical (unpaired) electrons. The first-order valence-corrected chi connectivity index (χ1v) is 9.25. The van der Waals surface area contributed by atoms with Crippen molar-refractivity contribution in [3.63, 3.8) is 0 Å². The van der Waals surface area contributed by atoms with Crippen molar-refractivity contribution in [3.8, 4) is 0 Å². The monoisotopic (exact) mass is 356 g/mol. The number of aliphatic carboxylic acids is 1. The molecular weight excluding hydrogens is 332 g/mol. The van der Waals surface area contributed by atoms with Crippen LogP contribution in [0.1, 0.15) is 37.0 Å². The van der Waals surface area contributed by atoms with E-state index >= 15 is 0 Å². The van der Waals surface area contributed by atoms with E-state index in [0.717, 1.165) is 0 Å². The lowest BCUT2D eigenvalue weighted by atomic mass is 10.2. The number of amides is 1. The Balaban J connectivity index is 2.95. The van der Waals surface area contributed by atoms with Crippen molar-refractivity contribution in [1.29, 1.82) is 0 Å². The van der Waals surface area contributed by atoms with Crippen LogP contribution >= 0.6 is 0 Å². The Hall–Kier alpha value is -1.93. The standard InChI is InChI=1S/C16H24N2O5S/c1-4-18(5-2)24(22,23)14-9-6-8-13(12-14)16(21)17(3)11-7-10-15(19)20/h6,8-9,12H,4-5,7,10-11H2,1-3H3,(H,19,20). The number of rotatable bonds is 9. The lowest BCUT2D eigenvalue weighted by Crippen LogP contribution is -2.31. The highest BCUT2D eigenvalue weighted by atomic mass is 32.2. The van der Waals surface area contributed by atoms with Gasteiger partial charge in [-0.15, -0.1) is 0 Å². The van der Waals surface area contributed by atoms with Crippen molar-refractivity contribution in [2.75, 3.05) is 26.7 Å². The minimum atomic E-state index is -3.63. The summed E-state index contributed by atoms with van der Waals surface area (Å²) >= 11 is 0. The van der Waals surface area contributed by atoms with Gasteiger partial charge in [-0.1, -0.05) is 19.9 Å². The number of hydrogen-bond donors (Lipinski definition) is 1. The van der Waals surface area contributed by atoms with Gasteiger partial charge in [0.25, 0.3) is 5.91 Å². The van der Waals surface area contributed by atoms with Crippen LogP contribution in [0.3, 0.4) is 0 Å². The van der Waals surface area contributed by atoms with Crippen molar-refractivity contribution in [2.24, 2.45) is 0 Å². The largest absolute Gasteiger partial charge is 0.481 e. The lowest BCUT2D eigenvalue weighted by molar-refractivity contribution is -0.137. The molecule has 0 aliphatic heterocycles. The molecular formula is C16H24N2O5S. The average molecular weight is 356 g/mol. The predicted octanol–water partition coefficient (Wildman–Crippen LogP) is 1.65. The molecule has 8 heteroatoms. The van der Waals surface area contributed by atoms with Crippen LogP contribution in [-0.2, 0) is 14.8 Å². The summed E-state index contributed by atoms with van der Waals surface area (Å²) in [5.41, 5.74) is 0.265. The molecule has 0 aromatic heterocycles. The van der Waals surface area contributed by atoms with Crippen LogP contribution in [0.2, 0.25) is 0 Å². The Kier molecular flexibility index (Phi) is 7.37. The van der Waals surface area contributed by atoms with E-state index in [2.05, 4.69) is 0 Å². The quantitative estimate of drug-likeness (QED) is 0.726. The normalized spacial score (nSPS) is 11.5. The van der Waals surface area contributed by atoms with Crippen molar-refractivity contribution in [3.05, 3.63) is 29.8 Å². The van der Waals surface area contributed by atoms with Gasteiger partial charge in [-0.25, -0.2) is 8.42 Å². The van der Waals surface area contributed by atoms with Crippen LogP contribution in [0, 0.1) is 0 Å². The number of hydrogen-bond acceptors (Lipinski definition) is 4. The lowest BCUT2D eigenvalue weighted by Gasteiger charge is -2.20. The molecule has 0 saturated carbocycles. The van der Waals surface area contributed by atoms with Gasteiger partial charge in [0.2, 0.25) is 10.0 Å². The molecule has 134 valence electrons. The summed E-state index contributed by atoms with van der Waals surface area (Å²) in [6.07, 6.45) is 0.322. The number of carboxylic acid groups (broad SMARTS) is 1. The molecule has 0 aliphatic rings. The number of benzene rings is 1. The minimum absolute atomic E-state index is 0.0198. The van der Waals surface area contributed by atoms with Gasteiger partial charge < -0.3 is 10.0 Å². The maximum absolute atomic E-state index is 12.5. The Labute approximate surface area is 142 Å². The van der Waals surface area contributed by atoms with Gasteiger partial charge in [-0.2, -0.15) is 4.31 Å². The van der Waals surface area contributed by atoms with Crippen LogP contribution in [0.5, 0.6) is 0 Å². The van der Waals surface area contributed by atoms with Crippen LogP contribution in [-0.4, -0.2) is 61.3 Å². The van der Waals surface area contributed by atoms with Gasteiger partial charge >= 0.3 is 5.97 Å². The second-order valence-corrected chi connectivity index (χ2v) is 7.28. The van der Waals surface area contributed by atoms with Crippen molar-refractivity contribution >= 4 is 21.9 Å². The van der Waals surface area contributed by atoms with E-state index in [1.807, 2.05) is 0 Å². The summed E-state index contributed by atoms with van der Waals surface area (Å²) in [6, 6.07) is 5.92. The Morgan fingerprint density at radius 3 is 2.33 bits per heavy atom. The van der Waals surface area contributed by atoms with E-state index in [-0.39, 0.29) is 29.3 Å². The molecule has 0 fully saturated rings. The molecule has 1 amide bonds. The van der Waals surface area contributed by atoms with E-state index in [1.165, 1.54) is 27.4 Å². The SMILES string of the molecule is CCN(CC)S(=O)(=O)c1cccc(C(=O)N(C)CCCC(=O)O)c1. The zero-order chi connectivity index (χ0) is 18.3. The topological polar surface area (TPSA) is 95.0 Å². The first-order valence-electron chi connectivity index (χ1n) is 7.81. The number of nitrogens with zero attached hydrogens (tertiary/aromatic N) is 2. The number of carboxylic acids is 1. The van der Waals surface area contributed by atoms with Gasteiger partial charge in [-0.05, 0) is 24.6 Å². The van der Waals surface area contributed by atoms with Crippen molar-refractivity contribution in [2.45, 2.75) is 31.6 Å². The van der Waals surface area contributed by atoms with Crippen LogP contribution in [0.25, 0.3) is 0 Å². The van der Waals surface area contributed by atoms with E-state index in [4.69, 9.17) is 5.11 Å². The zero-order valence-electron chi connectivity index (χ0n) is 14.2. The second-order valence-electron chi connectivity index (χ2n) is 5.34. The van der Waals surface area contributed by atoms with Gasteiger partial charge in [0.15, 0.2) is 0 Å². The minimum Gasteiger partial charge on any atom is -0.481 e. The molecule has 1 rings (SSSR count). The third-order valence-corrected chi connectivity index (χ3v) is 5.70. The molecule has 7 nitrogen and oxygen atoms in total. The molecule has 0 saturated heterocycles. The average Bonchev–Trinajstić information content (AvgIpc) is 2.54. The molecule has 0 spiro atoms. The molecule has 0 heterocycles. The van der Waals surface area contributed by atoms with Gasteiger partial charge in [0.05, 0.1) is 4.90 Å². The molecule has 1 N–H and O–H groups in total. The molecule has 24 heavy (non-hydrogen) atoms. The fraction of sp³-hybridized carbons (Fsp3) is 0.500. The first kappa shape index (κ1) is 20.1.